The summed E-state index contributed by atoms with van der Waals surface area (Å²) in [6.07, 6.45) is 3.66. The lowest BCUT2D eigenvalue weighted by Crippen LogP contribution is -2.12. The fourth-order valence-electron chi connectivity index (χ4n) is 8.90. The van der Waals surface area contributed by atoms with E-state index in [1.807, 2.05) is 0 Å². The highest BCUT2D eigenvalue weighted by atomic mass is 35.5. The van der Waals surface area contributed by atoms with E-state index < -0.39 is 0 Å². The number of ether oxygens (including phenoxy) is 2. The zero-order chi connectivity index (χ0) is 36.2. The lowest BCUT2D eigenvalue weighted by Gasteiger charge is -2.29. The summed E-state index contributed by atoms with van der Waals surface area (Å²) < 4.78 is 13.0. The summed E-state index contributed by atoms with van der Waals surface area (Å²) >= 11 is 9.53. The molecule has 54 heavy (non-hydrogen) atoms. The van der Waals surface area contributed by atoms with E-state index in [0.29, 0.717) is 0 Å². The second kappa shape index (κ2) is 13.6. The van der Waals surface area contributed by atoms with Crippen molar-refractivity contribution >= 4 is 45.0 Å². The molecular weight excluding hydrogens is 707 g/mol. The summed E-state index contributed by atoms with van der Waals surface area (Å²) in [4.78, 5) is 11.0. The van der Waals surface area contributed by atoms with Gasteiger partial charge in [0, 0.05) is 33.0 Å². The summed E-state index contributed by atoms with van der Waals surface area (Å²) in [6, 6.07) is 47.5. The molecule has 3 aliphatic rings. The zero-order valence-corrected chi connectivity index (χ0v) is 30.9. The molecule has 2 aromatic heterocycles. The first kappa shape index (κ1) is 32.9. The quantitative estimate of drug-likeness (QED) is 0.166. The number of hydrogen-bond donors (Lipinski definition) is 0. The average Bonchev–Trinajstić information content (AvgIpc) is 3.42. The Bertz CT molecular complexity index is 2560. The third-order valence-electron chi connectivity index (χ3n) is 11.1. The highest BCUT2D eigenvalue weighted by molar-refractivity contribution is 6.40. The molecule has 0 N–H and O–H groups in total. The molecule has 2 aliphatic carbocycles. The Labute approximate surface area is 324 Å². The minimum Gasteiger partial charge on any atom is -0.457 e. The second-order valence-electron chi connectivity index (χ2n) is 13.8. The topological polar surface area (TPSA) is 44.2 Å². The Balaban J connectivity index is 0.00000117. The van der Waals surface area contributed by atoms with Crippen LogP contribution in [0.2, 0.25) is 0 Å². The Morgan fingerprint density at radius 3 is 1.28 bits per heavy atom. The third kappa shape index (κ3) is 5.27. The fraction of sp³-hybridized carbons (Fsp3) is 0.125. The van der Waals surface area contributed by atoms with Gasteiger partial charge in [-0.25, -0.2) is 9.97 Å². The molecule has 0 radical (unpaired) electrons. The van der Waals surface area contributed by atoms with E-state index in [1.165, 1.54) is 55.3 Å². The van der Waals surface area contributed by atoms with Crippen LogP contribution in [0.1, 0.15) is 22.3 Å². The summed E-state index contributed by atoms with van der Waals surface area (Å²) in [5.41, 5.74) is 18.6. The Hall–Kier alpha value is -5.68. The lowest BCUT2D eigenvalue weighted by atomic mass is 9.76. The van der Waals surface area contributed by atoms with Crippen LogP contribution in [0.25, 0.3) is 77.7 Å². The highest BCUT2D eigenvalue weighted by Crippen LogP contribution is 2.55. The molecule has 1 aliphatic heterocycles. The molecule has 6 aromatic carbocycles. The van der Waals surface area contributed by atoms with Gasteiger partial charge >= 0.3 is 0 Å². The number of aromatic nitrogens is 2. The number of nitrogens with zero attached hydrogens (tertiary/aromatic N) is 2. The smallest absolute Gasteiger partial charge is 0.230 e. The van der Waals surface area contributed by atoms with Gasteiger partial charge in [-0.1, -0.05) is 109 Å². The number of para-hydroxylation sites is 2. The number of benzene rings is 6. The van der Waals surface area contributed by atoms with Crippen LogP contribution in [0, 0.1) is 0 Å². The van der Waals surface area contributed by atoms with Crippen molar-refractivity contribution in [1.29, 1.82) is 0 Å². The first-order valence-electron chi connectivity index (χ1n) is 18.4. The number of hydrogen-bond acceptors (Lipinski definition) is 4. The van der Waals surface area contributed by atoms with E-state index in [-0.39, 0.29) is 12.1 Å². The number of fused-ring (bicyclic) bond motifs is 13. The monoisotopic (exact) mass is 740 g/mol. The number of alkyl halides is 2. The summed E-state index contributed by atoms with van der Waals surface area (Å²) in [5, 5.41) is 2.56. The van der Waals surface area contributed by atoms with Crippen LogP contribution in [0.4, 0.5) is 0 Å². The van der Waals surface area contributed by atoms with Gasteiger partial charge in [-0.3, -0.25) is 0 Å². The van der Waals surface area contributed by atoms with E-state index in [0.717, 1.165) is 81.9 Å². The summed E-state index contributed by atoms with van der Waals surface area (Å²) in [5.74, 6) is 1.64. The first-order chi connectivity index (χ1) is 26.7. The Kier molecular flexibility index (Phi) is 8.31. The number of pyridine rings is 2. The lowest BCUT2D eigenvalue weighted by molar-refractivity contribution is 0.125. The molecule has 0 atom stereocenters. The standard InChI is InChI=1S/C47H32N2O2.CH2Cl2/c1-3-11-28(12-4-1)40-32-15-7-9-17-36(32)48-46-34(40)23-19-30-21-25-38-44(42(30)46)45-39(51-27-50-38)26-22-31-20-24-35-41(29-13-5-2-6-14-29)33-16-8-10-18-37(33)49-47(35)43(31)45;2-1-3/h1-18,21-22,25-26H,19-20,23-24,27H2;1H2. The van der Waals surface area contributed by atoms with Crippen LogP contribution in [0.3, 0.4) is 0 Å². The second-order valence-corrected chi connectivity index (χ2v) is 14.7. The molecule has 0 bridgehead atoms. The van der Waals surface area contributed by atoms with Gasteiger partial charge in [0.1, 0.15) is 11.5 Å². The van der Waals surface area contributed by atoms with Gasteiger partial charge < -0.3 is 9.47 Å². The Morgan fingerprint density at radius 1 is 0.426 bits per heavy atom. The molecule has 8 aromatic rings. The molecule has 0 saturated heterocycles. The van der Waals surface area contributed by atoms with Crippen molar-refractivity contribution in [2.24, 2.45) is 0 Å². The third-order valence-corrected chi connectivity index (χ3v) is 11.1. The fourth-order valence-corrected chi connectivity index (χ4v) is 8.90. The van der Waals surface area contributed by atoms with Crippen molar-refractivity contribution in [1.82, 2.24) is 9.97 Å². The molecule has 0 fully saturated rings. The van der Waals surface area contributed by atoms with Gasteiger partial charge in [-0.05, 0) is 94.5 Å². The van der Waals surface area contributed by atoms with Crippen molar-refractivity contribution in [3.8, 4) is 67.4 Å². The van der Waals surface area contributed by atoms with Crippen LogP contribution in [0.5, 0.6) is 11.5 Å². The van der Waals surface area contributed by atoms with Gasteiger partial charge in [-0.2, -0.15) is 0 Å². The van der Waals surface area contributed by atoms with E-state index >= 15 is 0 Å². The molecular formula is C48H34Cl2N2O2. The van der Waals surface area contributed by atoms with Crippen LogP contribution in [0.15, 0.2) is 133 Å². The van der Waals surface area contributed by atoms with Gasteiger partial charge in [0.25, 0.3) is 0 Å². The van der Waals surface area contributed by atoms with E-state index in [2.05, 4.69) is 133 Å². The minimum atomic E-state index is 0.137. The molecule has 11 rings (SSSR count). The van der Waals surface area contributed by atoms with Crippen molar-refractivity contribution in [2.45, 2.75) is 25.7 Å². The van der Waals surface area contributed by atoms with E-state index in [9.17, 15) is 0 Å². The van der Waals surface area contributed by atoms with Gasteiger partial charge in [0.15, 0.2) is 0 Å². The molecule has 0 spiro atoms. The number of rotatable bonds is 2. The van der Waals surface area contributed by atoms with E-state index in [4.69, 9.17) is 42.6 Å². The largest absolute Gasteiger partial charge is 0.457 e. The predicted octanol–water partition coefficient (Wildman–Crippen LogP) is 12.5. The normalized spacial score (nSPS) is 13.4. The zero-order valence-electron chi connectivity index (χ0n) is 29.4. The van der Waals surface area contributed by atoms with Gasteiger partial charge in [-0.15, -0.1) is 23.2 Å². The van der Waals surface area contributed by atoms with Crippen LogP contribution < -0.4 is 9.47 Å². The maximum Gasteiger partial charge on any atom is 0.230 e. The minimum absolute atomic E-state index is 0.137. The molecule has 0 amide bonds. The SMILES string of the molecule is ClCCl.c1ccc(-c2c3c(nc4ccccc24)-c2c(ccc4c2-c2c(ccc5c2-c2nc6ccccc6c(-c6ccccc6)c2CC5)OCO4)CC3)cc1. The molecule has 0 unspecified atom stereocenters. The number of halogens is 2. The van der Waals surface area contributed by atoms with Crippen LogP contribution in [-0.2, 0) is 25.7 Å². The summed E-state index contributed by atoms with van der Waals surface area (Å²) in [6.45, 7) is 0.137. The molecule has 3 heterocycles. The van der Waals surface area contributed by atoms with E-state index in [1.54, 1.807) is 0 Å². The average molecular weight is 742 g/mol. The maximum absolute atomic E-state index is 6.49. The van der Waals surface area contributed by atoms with Gasteiger partial charge in [0.05, 0.1) is 27.8 Å². The number of aryl methyl sites for hydroxylation is 2. The van der Waals surface area contributed by atoms with Crippen molar-refractivity contribution in [3.05, 3.63) is 156 Å². The van der Waals surface area contributed by atoms with Crippen LogP contribution in [-0.4, -0.2) is 22.1 Å². The van der Waals surface area contributed by atoms with Crippen molar-refractivity contribution in [2.75, 3.05) is 12.1 Å². The molecule has 6 heteroatoms. The van der Waals surface area contributed by atoms with Gasteiger partial charge in [0.2, 0.25) is 6.79 Å². The Morgan fingerprint density at radius 2 is 0.833 bits per heavy atom. The molecule has 4 nitrogen and oxygen atoms in total. The molecule has 0 saturated carbocycles. The predicted molar refractivity (Wildman–Crippen MR) is 222 cm³/mol. The van der Waals surface area contributed by atoms with Crippen LogP contribution >= 0.6 is 23.2 Å². The highest BCUT2D eigenvalue weighted by Gasteiger charge is 2.35. The summed E-state index contributed by atoms with van der Waals surface area (Å²) in [7, 11) is 0. The first-order valence-corrected chi connectivity index (χ1v) is 19.4. The maximum atomic E-state index is 6.49. The van der Waals surface area contributed by atoms with Crippen molar-refractivity contribution < 1.29 is 9.47 Å². The molecule has 262 valence electrons. The van der Waals surface area contributed by atoms with Crippen molar-refractivity contribution in [3.63, 3.8) is 0 Å².